The second-order valence-electron chi connectivity index (χ2n) is 2.86. The molecule has 0 atom stereocenters. The van der Waals surface area contributed by atoms with Crippen molar-refractivity contribution >= 4 is 5.91 Å². The van der Waals surface area contributed by atoms with Gasteiger partial charge in [-0.15, -0.1) is 0 Å². The summed E-state index contributed by atoms with van der Waals surface area (Å²) in [6, 6.07) is 0. The van der Waals surface area contributed by atoms with E-state index in [0.717, 1.165) is 12.8 Å². The van der Waals surface area contributed by atoms with Crippen LogP contribution >= 0.6 is 0 Å². The van der Waals surface area contributed by atoms with Gasteiger partial charge in [-0.25, -0.2) is 5.84 Å². The van der Waals surface area contributed by atoms with Gasteiger partial charge in [0.2, 0.25) is 0 Å². The lowest BCUT2D eigenvalue weighted by Crippen LogP contribution is -2.30. The molecule has 0 aromatic heterocycles. The first-order valence-corrected chi connectivity index (χ1v) is 4.40. The van der Waals surface area contributed by atoms with Crippen molar-refractivity contribution in [1.82, 2.24) is 5.43 Å². The standard InChI is InChI=1S/C9H18N2O/c1-3-4-5-6-7-8(2)9(12)11-10/h7H,3-6,10H2,1-2H3,(H,11,12). The Labute approximate surface area is 74.0 Å². The Kier molecular flexibility index (Phi) is 6.38. The Morgan fingerprint density at radius 3 is 2.67 bits per heavy atom. The van der Waals surface area contributed by atoms with Gasteiger partial charge in [-0.3, -0.25) is 10.2 Å². The molecule has 3 heteroatoms. The van der Waals surface area contributed by atoms with Crippen molar-refractivity contribution in [3.8, 4) is 0 Å². The molecule has 0 bridgehead atoms. The van der Waals surface area contributed by atoms with Gasteiger partial charge in [-0.1, -0.05) is 25.8 Å². The van der Waals surface area contributed by atoms with Crippen LogP contribution in [0.4, 0.5) is 0 Å². The summed E-state index contributed by atoms with van der Waals surface area (Å²) < 4.78 is 0. The highest BCUT2D eigenvalue weighted by atomic mass is 16.2. The van der Waals surface area contributed by atoms with Gasteiger partial charge in [0, 0.05) is 5.57 Å². The van der Waals surface area contributed by atoms with Crippen molar-refractivity contribution in [3.05, 3.63) is 11.6 Å². The number of unbranched alkanes of at least 4 members (excludes halogenated alkanes) is 3. The lowest BCUT2D eigenvalue weighted by atomic mass is 10.1. The van der Waals surface area contributed by atoms with Crippen LogP contribution in [0, 0.1) is 0 Å². The summed E-state index contributed by atoms with van der Waals surface area (Å²) in [4.78, 5) is 10.9. The van der Waals surface area contributed by atoms with Crippen molar-refractivity contribution in [3.63, 3.8) is 0 Å². The Hall–Kier alpha value is -0.830. The molecule has 0 saturated heterocycles. The number of hydrogen-bond acceptors (Lipinski definition) is 2. The topological polar surface area (TPSA) is 55.1 Å². The smallest absolute Gasteiger partial charge is 0.260 e. The van der Waals surface area contributed by atoms with Gasteiger partial charge in [0.15, 0.2) is 0 Å². The molecule has 12 heavy (non-hydrogen) atoms. The van der Waals surface area contributed by atoms with Gasteiger partial charge in [0.25, 0.3) is 5.91 Å². The summed E-state index contributed by atoms with van der Waals surface area (Å²) in [7, 11) is 0. The van der Waals surface area contributed by atoms with E-state index in [9.17, 15) is 4.79 Å². The van der Waals surface area contributed by atoms with Gasteiger partial charge in [-0.05, 0) is 19.8 Å². The summed E-state index contributed by atoms with van der Waals surface area (Å²) >= 11 is 0. The van der Waals surface area contributed by atoms with Crippen molar-refractivity contribution in [1.29, 1.82) is 0 Å². The molecule has 3 nitrogen and oxygen atoms in total. The number of amides is 1. The fraction of sp³-hybridized carbons (Fsp3) is 0.667. The number of rotatable bonds is 5. The Balaban J connectivity index is 3.61. The van der Waals surface area contributed by atoms with Crippen LogP contribution < -0.4 is 11.3 Å². The maximum absolute atomic E-state index is 10.9. The normalized spacial score (nSPS) is 11.4. The summed E-state index contributed by atoms with van der Waals surface area (Å²) in [6.07, 6.45) is 6.46. The summed E-state index contributed by atoms with van der Waals surface area (Å²) in [5, 5.41) is 0. The number of carbonyl (C=O) groups excluding carboxylic acids is 1. The molecule has 0 aromatic rings. The number of nitrogens with one attached hydrogen (secondary N) is 1. The molecule has 0 aromatic carbocycles. The molecule has 0 fully saturated rings. The Morgan fingerprint density at radius 2 is 2.17 bits per heavy atom. The highest BCUT2D eigenvalue weighted by molar-refractivity contribution is 5.92. The maximum atomic E-state index is 10.9. The average Bonchev–Trinajstić information content (AvgIpc) is 2.10. The van der Waals surface area contributed by atoms with E-state index in [1.54, 1.807) is 6.92 Å². The molecular weight excluding hydrogens is 152 g/mol. The third kappa shape index (κ3) is 4.91. The highest BCUT2D eigenvalue weighted by Gasteiger charge is 1.98. The van der Waals surface area contributed by atoms with Crippen molar-refractivity contribution < 1.29 is 4.79 Å². The molecule has 3 N–H and O–H groups in total. The fourth-order valence-corrected chi connectivity index (χ4v) is 0.919. The van der Waals surface area contributed by atoms with Crippen LogP contribution in [0.2, 0.25) is 0 Å². The molecule has 0 rings (SSSR count). The minimum Gasteiger partial charge on any atom is -0.290 e. The molecule has 1 amide bonds. The molecule has 70 valence electrons. The quantitative estimate of drug-likeness (QED) is 0.216. The van der Waals surface area contributed by atoms with E-state index >= 15 is 0 Å². The number of carbonyl (C=O) groups is 1. The molecule has 0 aliphatic rings. The monoisotopic (exact) mass is 170 g/mol. The van der Waals surface area contributed by atoms with E-state index < -0.39 is 0 Å². The van der Waals surface area contributed by atoms with Crippen LogP contribution in [-0.4, -0.2) is 5.91 Å². The number of hydrazine groups is 1. The zero-order chi connectivity index (χ0) is 9.40. The van der Waals surface area contributed by atoms with Crippen LogP contribution in [0.5, 0.6) is 0 Å². The molecule has 0 radical (unpaired) electrons. The number of allylic oxidation sites excluding steroid dienone is 1. The Bertz CT molecular complexity index is 164. The molecule has 0 aliphatic carbocycles. The first-order valence-electron chi connectivity index (χ1n) is 4.40. The van der Waals surface area contributed by atoms with E-state index in [1.807, 2.05) is 6.08 Å². The average molecular weight is 170 g/mol. The van der Waals surface area contributed by atoms with Crippen LogP contribution in [0.25, 0.3) is 0 Å². The summed E-state index contributed by atoms with van der Waals surface area (Å²) in [5.74, 6) is 4.77. The molecule has 0 aliphatic heterocycles. The predicted octanol–water partition coefficient (Wildman–Crippen LogP) is 1.50. The molecule has 0 saturated carbocycles. The van der Waals surface area contributed by atoms with Crippen LogP contribution in [0.15, 0.2) is 11.6 Å². The van der Waals surface area contributed by atoms with Crippen LogP contribution in [-0.2, 0) is 4.79 Å². The van der Waals surface area contributed by atoms with Gasteiger partial charge in [0.05, 0.1) is 0 Å². The van der Waals surface area contributed by atoms with Gasteiger partial charge < -0.3 is 0 Å². The van der Waals surface area contributed by atoms with Gasteiger partial charge in [-0.2, -0.15) is 0 Å². The van der Waals surface area contributed by atoms with E-state index in [4.69, 9.17) is 5.84 Å². The van der Waals surface area contributed by atoms with Crippen molar-refractivity contribution in [2.75, 3.05) is 0 Å². The lowest BCUT2D eigenvalue weighted by Gasteiger charge is -1.98. The largest absolute Gasteiger partial charge is 0.290 e. The second-order valence-corrected chi connectivity index (χ2v) is 2.86. The van der Waals surface area contributed by atoms with E-state index in [-0.39, 0.29) is 5.91 Å². The van der Waals surface area contributed by atoms with Crippen LogP contribution in [0.3, 0.4) is 0 Å². The minimum absolute atomic E-state index is 0.188. The van der Waals surface area contributed by atoms with Crippen LogP contribution in [0.1, 0.15) is 39.5 Å². The number of nitrogens with two attached hydrogens (primary N) is 1. The fourth-order valence-electron chi connectivity index (χ4n) is 0.919. The predicted molar refractivity (Wildman–Crippen MR) is 50.2 cm³/mol. The zero-order valence-electron chi connectivity index (χ0n) is 7.89. The molecular formula is C9H18N2O. The van der Waals surface area contributed by atoms with E-state index in [1.165, 1.54) is 12.8 Å². The lowest BCUT2D eigenvalue weighted by molar-refractivity contribution is -0.117. The van der Waals surface area contributed by atoms with E-state index in [2.05, 4.69) is 12.3 Å². The number of hydrogen-bond donors (Lipinski definition) is 2. The highest BCUT2D eigenvalue weighted by Crippen LogP contribution is 2.02. The van der Waals surface area contributed by atoms with E-state index in [0.29, 0.717) is 5.57 Å². The zero-order valence-corrected chi connectivity index (χ0v) is 7.89. The van der Waals surface area contributed by atoms with Crippen molar-refractivity contribution in [2.45, 2.75) is 39.5 Å². The van der Waals surface area contributed by atoms with Crippen molar-refractivity contribution in [2.24, 2.45) is 5.84 Å². The minimum atomic E-state index is -0.188. The first kappa shape index (κ1) is 11.2. The van der Waals surface area contributed by atoms with Gasteiger partial charge in [0.1, 0.15) is 0 Å². The Morgan fingerprint density at radius 1 is 1.50 bits per heavy atom. The SMILES string of the molecule is CCCCCC=C(C)C(=O)NN. The molecule has 0 unspecified atom stereocenters. The summed E-state index contributed by atoms with van der Waals surface area (Å²) in [5.41, 5.74) is 2.80. The third-order valence-corrected chi connectivity index (χ3v) is 1.75. The van der Waals surface area contributed by atoms with Gasteiger partial charge >= 0.3 is 0 Å². The third-order valence-electron chi connectivity index (χ3n) is 1.75. The maximum Gasteiger partial charge on any atom is 0.260 e. The molecule has 0 spiro atoms. The molecule has 0 heterocycles. The summed E-state index contributed by atoms with van der Waals surface area (Å²) in [6.45, 7) is 3.93. The first-order chi connectivity index (χ1) is 5.72. The second kappa shape index (κ2) is 6.85.